The first kappa shape index (κ1) is 13.0. The molecule has 0 aliphatic carbocycles. The predicted molar refractivity (Wildman–Crippen MR) is 72.2 cm³/mol. The lowest BCUT2D eigenvalue weighted by Gasteiger charge is -2.12. The van der Waals surface area contributed by atoms with E-state index >= 15 is 0 Å². The highest BCUT2D eigenvalue weighted by Crippen LogP contribution is 2.36. The van der Waals surface area contributed by atoms with Gasteiger partial charge in [0.05, 0.1) is 8.81 Å². The van der Waals surface area contributed by atoms with E-state index in [0.717, 1.165) is 14.2 Å². The number of hydrogen-bond acceptors (Lipinski definition) is 2. The van der Waals surface area contributed by atoms with E-state index in [4.69, 9.17) is 11.6 Å². The molecule has 1 unspecified atom stereocenters. The molecule has 1 atom stereocenters. The van der Waals surface area contributed by atoms with Crippen molar-refractivity contribution < 1.29 is 9.50 Å². The summed E-state index contributed by atoms with van der Waals surface area (Å²) in [5, 5.41) is 10.2. The first-order valence-electron chi connectivity index (χ1n) is 4.88. The van der Waals surface area contributed by atoms with Crippen LogP contribution in [0.4, 0.5) is 4.39 Å². The van der Waals surface area contributed by atoms with Crippen molar-refractivity contribution in [3.63, 3.8) is 0 Å². The van der Waals surface area contributed by atoms with E-state index in [0.29, 0.717) is 5.56 Å². The molecule has 0 fully saturated rings. The molecule has 1 N–H and O–H groups in total. The zero-order valence-corrected chi connectivity index (χ0v) is 12.0. The van der Waals surface area contributed by atoms with Crippen molar-refractivity contribution in [2.45, 2.75) is 13.0 Å². The highest BCUT2D eigenvalue weighted by Gasteiger charge is 2.19. The minimum atomic E-state index is -0.902. The van der Waals surface area contributed by atoms with Crippen molar-refractivity contribution in [3.8, 4) is 0 Å². The molecule has 0 saturated heterocycles. The van der Waals surface area contributed by atoms with Gasteiger partial charge in [0.25, 0.3) is 0 Å². The first-order valence-corrected chi connectivity index (χ1v) is 6.87. The van der Waals surface area contributed by atoms with Crippen LogP contribution in [0.25, 0.3) is 0 Å². The summed E-state index contributed by atoms with van der Waals surface area (Å²) in [5.41, 5.74) is 1.13. The van der Waals surface area contributed by atoms with Crippen molar-refractivity contribution in [3.05, 3.63) is 54.9 Å². The molecule has 0 aliphatic rings. The van der Waals surface area contributed by atoms with Gasteiger partial charge in [0, 0.05) is 10.4 Å². The molecule has 0 radical (unpaired) electrons. The fraction of sp³-hybridized carbons (Fsp3) is 0.167. The molecule has 0 bridgehead atoms. The Morgan fingerprint density at radius 2 is 2.12 bits per heavy atom. The number of aliphatic hydroxyl groups is 1. The van der Waals surface area contributed by atoms with Crippen molar-refractivity contribution >= 4 is 38.9 Å². The van der Waals surface area contributed by atoms with E-state index in [-0.39, 0.29) is 5.02 Å². The molecule has 17 heavy (non-hydrogen) atoms. The zero-order chi connectivity index (χ0) is 12.6. The van der Waals surface area contributed by atoms with Crippen LogP contribution < -0.4 is 0 Å². The van der Waals surface area contributed by atoms with Gasteiger partial charge in [0.2, 0.25) is 0 Å². The van der Waals surface area contributed by atoms with Gasteiger partial charge in [-0.25, -0.2) is 4.39 Å². The average Bonchev–Trinajstić information content (AvgIpc) is 2.61. The van der Waals surface area contributed by atoms with Gasteiger partial charge in [-0.3, -0.25) is 0 Å². The van der Waals surface area contributed by atoms with Crippen LogP contribution in [0.5, 0.6) is 0 Å². The number of aliphatic hydroxyl groups excluding tert-OH is 1. The third-order valence-corrected chi connectivity index (χ3v) is 4.46. The van der Waals surface area contributed by atoms with Crippen molar-refractivity contribution in [2.75, 3.05) is 0 Å². The van der Waals surface area contributed by atoms with Gasteiger partial charge in [-0.1, -0.05) is 23.7 Å². The second-order valence-corrected chi connectivity index (χ2v) is 6.62. The Morgan fingerprint density at radius 1 is 1.41 bits per heavy atom. The summed E-state index contributed by atoms with van der Waals surface area (Å²) in [6.07, 6.45) is -0.902. The topological polar surface area (TPSA) is 20.2 Å². The Labute approximate surface area is 116 Å². The molecule has 1 heterocycles. The van der Waals surface area contributed by atoms with E-state index in [1.165, 1.54) is 23.5 Å². The highest BCUT2D eigenvalue weighted by molar-refractivity contribution is 9.11. The summed E-state index contributed by atoms with van der Waals surface area (Å²) >= 11 is 10.7. The lowest BCUT2D eigenvalue weighted by molar-refractivity contribution is 0.219. The molecule has 1 aromatic carbocycles. The lowest BCUT2D eigenvalue weighted by Crippen LogP contribution is -2.01. The van der Waals surface area contributed by atoms with Crippen LogP contribution in [-0.2, 0) is 0 Å². The average molecular weight is 336 g/mol. The van der Waals surface area contributed by atoms with Gasteiger partial charge in [0.15, 0.2) is 0 Å². The summed E-state index contributed by atoms with van der Waals surface area (Å²) < 4.78 is 14.2. The fourth-order valence-electron chi connectivity index (χ4n) is 1.63. The summed E-state index contributed by atoms with van der Waals surface area (Å²) in [5.74, 6) is -0.518. The van der Waals surface area contributed by atoms with Crippen LogP contribution >= 0.6 is 38.9 Å². The van der Waals surface area contributed by atoms with Crippen molar-refractivity contribution in [2.24, 2.45) is 0 Å². The van der Waals surface area contributed by atoms with E-state index < -0.39 is 11.9 Å². The molecule has 0 saturated carbocycles. The van der Waals surface area contributed by atoms with Gasteiger partial charge in [-0.05, 0) is 40.5 Å². The molecule has 1 nitrogen and oxygen atoms in total. The molecule has 2 aromatic rings. The third-order valence-electron chi connectivity index (χ3n) is 2.50. The molecule has 1 aromatic heterocycles. The van der Waals surface area contributed by atoms with Gasteiger partial charge in [-0.15, -0.1) is 11.3 Å². The van der Waals surface area contributed by atoms with Crippen LogP contribution in [-0.4, -0.2) is 5.11 Å². The normalized spacial score (nSPS) is 12.8. The van der Waals surface area contributed by atoms with Crippen LogP contribution in [0, 0.1) is 12.7 Å². The second kappa shape index (κ2) is 5.06. The molecule has 0 spiro atoms. The summed E-state index contributed by atoms with van der Waals surface area (Å²) in [6, 6.07) is 6.26. The maximum atomic E-state index is 13.3. The highest BCUT2D eigenvalue weighted by atomic mass is 79.9. The minimum absolute atomic E-state index is 0.0262. The van der Waals surface area contributed by atoms with Gasteiger partial charge in [-0.2, -0.15) is 0 Å². The van der Waals surface area contributed by atoms with Crippen LogP contribution in [0.15, 0.2) is 28.1 Å². The number of benzene rings is 1. The second-order valence-electron chi connectivity index (χ2n) is 3.61. The van der Waals surface area contributed by atoms with E-state index in [1.807, 2.05) is 13.0 Å². The van der Waals surface area contributed by atoms with E-state index in [9.17, 15) is 9.50 Å². The monoisotopic (exact) mass is 334 g/mol. The van der Waals surface area contributed by atoms with E-state index in [2.05, 4.69) is 15.9 Å². The molecular formula is C12H9BrClFOS. The summed E-state index contributed by atoms with van der Waals surface area (Å²) in [7, 11) is 0. The quantitative estimate of drug-likeness (QED) is 0.844. The predicted octanol–water partition coefficient (Wildman–Crippen LogP) is 4.69. The largest absolute Gasteiger partial charge is 0.384 e. The number of rotatable bonds is 2. The summed E-state index contributed by atoms with van der Waals surface area (Å²) in [6.45, 7) is 1.90. The Bertz CT molecular complexity index is 555. The maximum Gasteiger partial charge on any atom is 0.142 e. The smallest absolute Gasteiger partial charge is 0.142 e. The lowest BCUT2D eigenvalue weighted by atomic mass is 10.0. The molecule has 0 amide bonds. The standard InChI is InChI=1S/C12H9BrClFOS/c1-6-8(5-10(13)17-6)12(16)7-3-2-4-9(15)11(7)14/h2-5,12,16H,1H3. The first-order chi connectivity index (χ1) is 8.00. The Balaban J connectivity index is 2.47. The molecule has 0 aliphatic heterocycles. The molecule has 2 rings (SSSR count). The SMILES string of the molecule is Cc1sc(Br)cc1C(O)c1cccc(F)c1Cl. The molecule has 90 valence electrons. The molecule has 5 heteroatoms. The van der Waals surface area contributed by atoms with Crippen molar-refractivity contribution in [1.82, 2.24) is 0 Å². The fourth-order valence-corrected chi connectivity index (χ4v) is 3.60. The number of aryl methyl sites for hydroxylation is 1. The van der Waals surface area contributed by atoms with Gasteiger partial charge >= 0.3 is 0 Å². The molecular weight excluding hydrogens is 327 g/mol. The Kier molecular flexibility index (Phi) is 3.88. The van der Waals surface area contributed by atoms with Crippen LogP contribution in [0.2, 0.25) is 5.02 Å². The Morgan fingerprint density at radius 3 is 2.71 bits per heavy atom. The van der Waals surface area contributed by atoms with Crippen LogP contribution in [0.3, 0.4) is 0 Å². The number of hydrogen-bond donors (Lipinski definition) is 1. The Hall–Kier alpha value is -0.420. The van der Waals surface area contributed by atoms with Gasteiger partial charge < -0.3 is 5.11 Å². The minimum Gasteiger partial charge on any atom is -0.384 e. The third kappa shape index (κ3) is 2.55. The van der Waals surface area contributed by atoms with Gasteiger partial charge in [0.1, 0.15) is 11.9 Å². The number of thiophene rings is 1. The zero-order valence-electron chi connectivity index (χ0n) is 8.88. The van der Waals surface area contributed by atoms with E-state index in [1.54, 1.807) is 6.07 Å². The number of halogens is 3. The van der Waals surface area contributed by atoms with Crippen molar-refractivity contribution in [1.29, 1.82) is 0 Å². The van der Waals surface area contributed by atoms with Crippen LogP contribution in [0.1, 0.15) is 22.1 Å². The maximum absolute atomic E-state index is 13.3. The summed E-state index contributed by atoms with van der Waals surface area (Å²) in [4.78, 5) is 0.977.